The molecule has 0 aliphatic carbocycles. The molecule has 0 aliphatic rings. The Kier molecular flexibility index (Phi) is 3.09. The smallest absolute Gasteiger partial charge is 0.337 e. The SMILES string of the molecule is CCc1nnc(C)cc1-c1nc2ncc(C(=O)O)cc2[nH]1. The van der Waals surface area contributed by atoms with E-state index in [0.717, 1.165) is 23.4 Å². The van der Waals surface area contributed by atoms with Gasteiger partial charge in [-0.1, -0.05) is 6.92 Å². The lowest BCUT2D eigenvalue weighted by Crippen LogP contribution is -1.98. The van der Waals surface area contributed by atoms with E-state index >= 15 is 0 Å². The molecule has 0 atom stereocenters. The first-order valence-corrected chi connectivity index (χ1v) is 6.51. The Morgan fingerprint density at radius 1 is 1.33 bits per heavy atom. The second kappa shape index (κ2) is 4.93. The number of hydrogen-bond acceptors (Lipinski definition) is 5. The third kappa shape index (κ3) is 2.33. The molecular weight excluding hydrogens is 270 g/mol. The third-order valence-electron chi connectivity index (χ3n) is 3.17. The number of pyridine rings is 1. The Labute approximate surface area is 120 Å². The second-order valence-corrected chi connectivity index (χ2v) is 4.69. The molecule has 21 heavy (non-hydrogen) atoms. The van der Waals surface area contributed by atoms with Crippen LogP contribution >= 0.6 is 0 Å². The first-order chi connectivity index (χ1) is 10.1. The molecule has 3 aromatic rings. The largest absolute Gasteiger partial charge is 0.478 e. The van der Waals surface area contributed by atoms with E-state index in [9.17, 15) is 4.79 Å². The van der Waals surface area contributed by atoms with Gasteiger partial charge in [-0.05, 0) is 25.5 Å². The molecule has 3 aromatic heterocycles. The number of imidazole rings is 1. The molecule has 0 aliphatic heterocycles. The molecule has 2 N–H and O–H groups in total. The van der Waals surface area contributed by atoms with Crippen molar-refractivity contribution in [2.24, 2.45) is 0 Å². The normalized spacial score (nSPS) is 11.0. The van der Waals surface area contributed by atoms with Crippen molar-refractivity contribution in [1.82, 2.24) is 25.1 Å². The minimum absolute atomic E-state index is 0.123. The maximum absolute atomic E-state index is 11.0. The quantitative estimate of drug-likeness (QED) is 0.761. The van der Waals surface area contributed by atoms with Crippen LogP contribution in [0.25, 0.3) is 22.6 Å². The van der Waals surface area contributed by atoms with Gasteiger partial charge in [0.2, 0.25) is 0 Å². The van der Waals surface area contributed by atoms with Crippen molar-refractivity contribution >= 4 is 17.1 Å². The summed E-state index contributed by atoms with van der Waals surface area (Å²) < 4.78 is 0. The lowest BCUT2D eigenvalue weighted by atomic mass is 10.1. The first-order valence-electron chi connectivity index (χ1n) is 6.51. The molecule has 0 radical (unpaired) electrons. The van der Waals surface area contributed by atoms with Gasteiger partial charge in [-0.15, -0.1) is 0 Å². The van der Waals surface area contributed by atoms with E-state index < -0.39 is 5.97 Å². The minimum Gasteiger partial charge on any atom is -0.478 e. The monoisotopic (exact) mass is 283 g/mol. The highest BCUT2D eigenvalue weighted by atomic mass is 16.4. The minimum atomic E-state index is -1.02. The topological polar surface area (TPSA) is 105 Å². The molecule has 0 amide bonds. The van der Waals surface area contributed by atoms with Gasteiger partial charge in [0.1, 0.15) is 5.82 Å². The van der Waals surface area contributed by atoms with Crippen LogP contribution in [0.4, 0.5) is 0 Å². The molecule has 7 heteroatoms. The summed E-state index contributed by atoms with van der Waals surface area (Å²) in [7, 11) is 0. The maximum Gasteiger partial charge on any atom is 0.337 e. The summed E-state index contributed by atoms with van der Waals surface area (Å²) in [4.78, 5) is 22.6. The predicted molar refractivity (Wildman–Crippen MR) is 76.0 cm³/mol. The highest BCUT2D eigenvalue weighted by Crippen LogP contribution is 2.23. The Hall–Kier alpha value is -2.83. The lowest BCUT2D eigenvalue weighted by Gasteiger charge is -2.03. The number of aryl methyl sites for hydroxylation is 2. The van der Waals surface area contributed by atoms with E-state index in [4.69, 9.17) is 5.11 Å². The average Bonchev–Trinajstić information content (AvgIpc) is 2.89. The molecule has 0 saturated heterocycles. The van der Waals surface area contributed by atoms with Gasteiger partial charge in [-0.3, -0.25) is 0 Å². The Morgan fingerprint density at radius 2 is 2.14 bits per heavy atom. The number of carboxylic acids is 1. The van der Waals surface area contributed by atoms with Crippen molar-refractivity contribution in [1.29, 1.82) is 0 Å². The average molecular weight is 283 g/mol. The van der Waals surface area contributed by atoms with Crippen molar-refractivity contribution in [3.63, 3.8) is 0 Å². The number of carbonyl (C=O) groups is 1. The Balaban J connectivity index is 2.17. The van der Waals surface area contributed by atoms with Crippen molar-refractivity contribution < 1.29 is 9.90 Å². The van der Waals surface area contributed by atoms with Gasteiger partial charge >= 0.3 is 5.97 Å². The fourth-order valence-corrected chi connectivity index (χ4v) is 2.12. The lowest BCUT2D eigenvalue weighted by molar-refractivity contribution is 0.0696. The van der Waals surface area contributed by atoms with E-state index in [0.29, 0.717) is 17.0 Å². The second-order valence-electron chi connectivity index (χ2n) is 4.69. The molecule has 0 bridgehead atoms. The fourth-order valence-electron chi connectivity index (χ4n) is 2.12. The molecule has 0 saturated carbocycles. The van der Waals surface area contributed by atoms with Crippen LogP contribution in [-0.2, 0) is 6.42 Å². The number of H-pyrrole nitrogens is 1. The van der Waals surface area contributed by atoms with Gasteiger partial charge in [0.05, 0.1) is 22.5 Å². The van der Waals surface area contributed by atoms with Crippen LogP contribution in [-0.4, -0.2) is 36.2 Å². The molecule has 3 heterocycles. The molecule has 3 rings (SSSR count). The van der Waals surface area contributed by atoms with E-state index in [1.54, 1.807) is 0 Å². The molecule has 0 fully saturated rings. The molecule has 0 unspecified atom stereocenters. The van der Waals surface area contributed by atoms with Gasteiger partial charge in [0.25, 0.3) is 0 Å². The fraction of sp³-hybridized carbons (Fsp3) is 0.214. The molecular formula is C14H13N5O2. The number of hydrogen-bond donors (Lipinski definition) is 2. The zero-order valence-corrected chi connectivity index (χ0v) is 11.6. The van der Waals surface area contributed by atoms with Crippen LogP contribution in [0, 0.1) is 6.92 Å². The van der Waals surface area contributed by atoms with Crippen molar-refractivity contribution in [3.8, 4) is 11.4 Å². The molecule has 0 spiro atoms. The van der Waals surface area contributed by atoms with Crippen LogP contribution in [0.3, 0.4) is 0 Å². The number of aromatic amines is 1. The van der Waals surface area contributed by atoms with E-state index in [1.807, 2.05) is 19.9 Å². The summed E-state index contributed by atoms with van der Waals surface area (Å²) in [6, 6.07) is 3.43. The number of rotatable bonds is 3. The zero-order chi connectivity index (χ0) is 15.0. The number of nitrogens with one attached hydrogen (secondary N) is 1. The van der Waals surface area contributed by atoms with Crippen molar-refractivity contribution in [2.75, 3.05) is 0 Å². The number of aromatic nitrogens is 5. The van der Waals surface area contributed by atoms with E-state index in [-0.39, 0.29) is 5.56 Å². The van der Waals surface area contributed by atoms with Gasteiger partial charge in [-0.2, -0.15) is 10.2 Å². The van der Waals surface area contributed by atoms with E-state index in [1.165, 1.54) is 12.3 Å². The van der Waals surface area contributed by atoms with Gasteiger partial charge in [0, 0.05) is 11.8 Å². The predicted octanol–water partition coefficient (Wildman–Crippen LogP) is 1.98. The summed E-state index contributed by atoms with van der Waals surface area (Å²) in [5.74, 6) is -0.397. The summed E-state index contributed by atoms with van der Waals surface area (Å²) in [5.41, 5.74) is 3.67. The summed E-state index contributed by atoms with van der Waals surface area (Å²) in [6.07, 6.45) is 2.03. The number of carboxylic acid groups (broad SMARTS) is 1. The van der Waals surface area contributed by atoms with Crippen LogP contribution in [0.1, 0.15) is 28.7 Å². The molecule has 7 nitrogen and oxygen atoms in total. The molecule has 106 valence electrons. The summed E-state index contributed by atoms with van der Waals surface area (Å²) in [5, 5.41) is 17.2. The van der Waals surface area contributed by atoms with Gasteiger partial charge in [-0.25, -0.2) is 14.8 Å². The number of fused-ring (bicyclic) bond motifs is 1. The van der Waals surface area contributed by atoms with Gasteiger partial charge < -0.3 is 10.1 Å². The number of aromatic carboxylic acids is 1. The zero-order valence-electron chi connectivity index (χ0n) is 11.6. The summed E-state index contributed by atoms with van der Waals surface area (Å²) in [6.45, 7) is 3.85. The Morgan fingerprint density at radius 3 is 2.86 bits per heavy atom. The molecule has 0 aromatic carbocycles. The van der Waals surface area contributed by atoms with Crippen LogP contribution in [0.15, 0.2) is 18.3 Å². The van der Waals surface area contributed by atoms with Crippen LogP contribution in [0.5, 0.6) is 0 Å². The van der Waals surface area contributed by atoms with Crippen LogP contribution < -0.4 is 0 Å². The Bertz CT molecular complexity index is 840. The van der Waals surface area contributed by atoms with Gasteiger partial charge in [0.15, 0.2) is 5.65 Å². The van der Waals surface area contributed by atoms with Crippen molar-refractivity contribution in [2.45, 2.75) is 20.3 Å². The van der Waals surface area contributed by atoms with E-state index in [2.05, 4.69) is 25.1 Å². The third-order valence-corrected chi connectivity index (χ3v) is 3.17. The first kappa shape index (κ1) is 13.2. The van der Waals surface area contributed by atoms with Crippen LogP contribution in [0.2, 0.25) is 0 Å². The highest BCUT2D eigenvalue weighted by Gasteiger charge is 2.13. The number of nitrogens with zero attached hydrogens (tertiary/aromatic N) is 4. The standard InChI is InChI=1S/C14H13N5O2/c1-3-10-9(4-7(2)18-19-10)12-16-11-5-8(14(20)21)6-15-13(11)17-12/h4-6H,3H2,1-2H3,(H,20,21)(H,15,16,17). The summed E-state index contributed by atoms with van der Waals surface area (Å²) >= 11 is 0. The van der Waals surface area contributed by atoms with Crippen molar-refractivity contribution in [3.05, 3.63) is 35.3 Å². The highest BCUT2D eigenvalue weighted by molar-refractivity contribution is 5.91. The maximum atomic E-state index is 11.0.